The van der Waals surface area contributed by atoms with E-state index in [0.717, 1.165) is 18.7 Å². The Hall–Kier alpha value is -2.69. The van der Waals surface area contributed by atoms with Crippen LogP contribution in [0, 0.1) is 0 Å². The highest BCUT2D eigenvalue weighted by Gasteiger charge is 2.17. The minimum atomic E-state index is -0.150. The van der Waals surface area contributed by atoms with Crippen molar-refractivity contribution in [2.45, 2.75) is 19.9 Å². The van der Waals surface area contributed by atoms with Crippen LogP contribution >= 0.6 is 0 Å². The Labute approximate surface area is 122 Å². The van der Waals surface area contributed by atoms with Crippen molar-refractivity contribution in [2.75, 3.05) is 0 Å². The van der Waals surface area contributed by atoms with Gasteiger partial charge in [-0.1, -0.05) is 25.1 Å². The van der Waals surface area contributed by atoms with Crippen LogP contribution in [0.4, 0.5) is 0 Å². The van der Waals surface area contributed by atoms with E-state index in [2.05, 4.69) is 17.0 Å². The van der Waals surface area contributed by atoms with Gasteiger partial charge >= 0.3 is 0 Å². The monoisotopic (exact) mass is 280 g/mol. The Morgan fingerprint density at radius 3 is 2.71 bits per heavy atom. The summed E-state index contributed by atoms with van der Waals surface area (Å²) in [4.78, 5) is 16.6. The number of imidazole rings is 1. The molecule has 0 bridgehead atoms. The number of carbonyl (C=O) groups is 1. The molecule has 0 N–H and O–H groups in total. The van der Waals surface area contributed by atoms with Crippen LogP contribution in [-0.2, 0) is 6.54 Å². The van der Waals surface area contributed by atoms with Gasteiger partial charge in [0.25, 0.3) is 0 Å². The van der Waals surface area contributed by atoms with Crippen LogP contribution in [0.5, 0.6) is 0 Å². The van der Waals surface area contributed by atoms with Crippen molar-refractivity contribution < 1.29 is 4.79 Å². The lowest BCUT2D eigenvalue weighted by Gasteiger charge is -2.03. The second-order valence-electron chi connectivity index (χ2n) is 4.75. The zero-order valence-corrected chi connectivity index (χ0v) is 11.8. The van der Waals surface area contributed by atoms with Crippen molar-refractivity contribution in [3.05, 3.63) is 66.5 Å². The van der Waals surface area contributed by atoms with E-state index in [9.17, 15) is 4.79 Å². The van der Waals surface area contributed by atoms with E-state index >= 15 is 0 Å². The molecular weight excluding hydrogens is 264 g/mol. The lowest BCUT2D eigenvalue weighted by atomic mass is 10.2. The van der Waals surface area contributed by atoms with Gasteiger partial charge in [0.2, 0.25) is 5.78 Å². The quantitative estimate of drug-likeness (QED) is 0.675. The fourth-order valence-electron chi connectivity index (χ4n) is 2.22. The number of hydrogen-bond acceptors (Lipinski definition) is 3. The number of aryl methyl sites for hydroxylation is 1. The van der Waals surface area contributed by atoms with Gasteiger partial charge in [0.05, 0.1) is 5.69 Å². The number of benzene rings is 1. The Morgan fingerprint density at radius 2 is 1.95 bits per heavy atom. The smallest absolute Gasteiger partial charge is 0.248 e. The maximum Gasteiger partial charge on any atom is 0.248 e. The highest BCUT2D eigenvalue weighted by Crippen LogP contribution is 2.10. The molecule has 0 amide bonds. The number of aromatic nitrogens is 4. The Balaban J connectivity index is 1.89. The first kappa shape index (κ1) is 13.3. The van der Waals surface area contributed by atoms with E-state index in [1.807, 2.05) is 41.1 Å². The summed E-state index contributed by atoms with van der Waals surface area (Å²) in [6, 6.07) is 11.4. The summed E-state index contributed by atoms with van der Waals surface area (Å²) < 4.78 is 3.56. The van der Waals surface area contributed by atoms with Crippen molar-refractivity contribution >= 4 is 5.78 Å². The van der Waals surface area contributed by atoms with Gasteiger partial charge < -0.3 is 4.57 Å². The van der Waals surface area contributed by atoms with Gasteiger partial charge in [-0.05, 0) is 24.6 Å². The van der Waals surface area contributed by atoms with E-state index in [0.29, 0.717) is 11.5 Å². The van der Waals surface area contributed by atoms with Gasteiger partial charge in [0.1, 0.15) is 5.69 Å². The summed E-state index contributed by atoms with van der Waals surface area (Å²) >= 11 is 0. The predicted molar refractivity (Wildman–Crippen MR) is 79.5 cm³/mol. The summed E-state index contributed by atoms with van der Waals surface area (Å²) in [7, 11) is 0. The van der Waals surface area contributed by atoms with E-state index < -0.39 is 0 Å². The van der Waals surface area contributed by atoms with E-state index in [1.165, 1.54) is 0 Å². The Bertz CT molecular complexity index is 742. The highest BCUT2D eigenvalue weighted by molar-refractivity contribution is 6.05. The van der Waals surface area contributed by atoms with Crippen molar-refractivity contribution in [1.29, 1.82) is 0 Å². The van der Waals surface area contributed by atoms with Crippen LogP contribution in [0.25, 0.3) is 5.69 Å². The van der Waals surface area contributed by atoms with Gasteiger partial charge in [-0.15, -0.1) is 0 Å². The van der Waals surface area contributed by atoms with Crippen molar-refractivity contribution in [3.8, 4) is 5.69 Å². The molecule has 0 fully saturated rings. The molecule has 0 aliphatic rings. The summed E-state index contributed by atoms with van der Waals surface area (Å²) in [5.41, 5.74) is 1.33. The number of hydrogen-bond donors (Lipinski definition) is 0. The molecular formula is C16H16N4O. The van der Waals surface area contributed by atoms with Crippen LogP contribution in [0.1, 0.15) is 29.7 Å². The maximum absolute atomic E-state index is 12.5. The van der Waals surface area contributed by atoms with Crippen LogP contribution in [0.3, 0.4) is 0 Å². The van der Waals surface area contributed by atoms with Gasteiger partial charge in [-0.2, -0.15) is 5.10 Å². The molecule has 2 aromatic heterocycles. The first-order valence-corrected chi connectivity index (χ1v) is 6.96. The third-order valence-corrected chi connectivity index (χ3v) is 3.23. The summed E-state index contributed by atoms with van der Waals surface area (Å²) in [6.07, 6.45) is 6.22. The second-order valence-corrected chi connectivity index (χ2v) is 4.75. The molecule has 0 saturated heterocycles. The first-order valence-electron chi connectivity index (χ1n) is 6.96. The van der Waals surface area contributed by atoms with Crippen molar-refractivity contribution in [1.82, 2.24) is 19.3 Å². The fourth-order valence-corrected chi connectivity index (χ4v) is 2.22. The molecule has 5 heteroatoms. The SMILES string of the molecule is CCCn1ccnc1C(=O)c1ccn(-c2ccccc2)n1. The maximum atomic E-state index is 12.5. The Morgan fingerprint density at radius 1 is 1.14 bits per heavy atom. The molecule has 0 unspecified atom stereocenters. The van der Waals surface area contributed by atoms with Crippen molar-refractivity contribution in [3.63, 3.8) is 0 Å². The van der Waals surface area contributed by atoms with Crippen LogP contribution in [0.15, 0.2) is 55.0 Å². The van der Waals surface area contributed by atoms with E-state index in [1.54, 1.807) is 23.1 Å². The minimum absolute atomic E-state index is 0.150. The molecule has 1 aromatic carbocycles. The number of rotatable bonds is 5. The molecule has 0 saturated carbocycles. The zero-order chi connectivity index (χ0) is 14.7. The third-order valence-electron chi connectivity index (χ3n) is 3.23. The molecule has 2 heterocycles. The molecule has 3 rings (SSSR count). The van der Waals surface area contributed by atoms with Crippen LogP contribution < -0.4 is 0 Å². The lowest BCUT2D eigenvalue weighted by Crippen LogP contribution is -2.12. The topological polar surface area (TPSA) is 52.7 Å². The molecule has 0 spiro atoms. The van der Waals surface area contributed by atoms with Crippen LogP contribution in [-0.4, -0.2) is 25.1 Å². The average molecular weight is 280 g/mol. The molecule has 21 heavy (non-hydrogen) atoms. The van der Waals surface area contributed by atoms with Gasteiger partial charge in [0, 0.05) is 25.1 Å². The van der Waals surface area contributed by atoms with Gasteiger partial charge in [-0.25, -0.2) is 9.67 Å². The predicted octanol–water partition coefficient (Wildman–Crippen LogP) is 2.71. The fraction of sp³-hybridized carbons (Fsp3) is 0.188. The first-order chi connectivity index (χ1) is 10.3. The Kier molecular flexibility index (Phi) is 3.64. The molecule has 0 aliphatic heterocycles. The molecule has 0 radical (unpaired) electrons. The van der Waals surface area contributed by atoms with Crippen molar-refractivity contribution in [2.24, 2.45) is 0 Å². The summed E-state index contributed by atoms with van der Waals surface area (Å²) in [5, 5.41) is 4.35. The number of ketones is 1. The van der Waals surface area contributed by atoms with Gasteiger partial charge in [-0.3, -0.25) is 4.79 Å². The number of nitrogens with zero attached hydrogens (tertiary/aromatic N) is 4. The van der Waals surface area contributed by atoms with E-state index in [4.69, 9.17) is 0 Å². The highest BCUT2D eigenvalue weighted by atomic mass is 16.1. The third kappa shape index (κ3) is 2.63. The molecule has 106 valence electrons. The summed E-state index contributed by atoms with van der Waals surface area (Å²) in [6.45, 7) is 2.85. The minimum Gasteiger partial charge on any atom is -0.328 e. The number of para-hydroxylation sites is 1. The molecule has 5 nitrogen and oxygen atoms in total. The van der Waals surface area contributed by atoms with Crippen LogP contribution in [0.2, 0.25) is 0 Å². The largest absolute Gasteiger partial charge is 0.328 e. The molecule has 0 atom stereocenters. The molecule has 0 aliphatic carbocycles. The zero-order valence-electron chi connectivity index (χ0n) is 11.8. The lowest BCUT2D eigenvalue weighted by molar-refractivity contribution is 0.102. The van der Waals surface area contributed by atoms with E-state index in [-0.39, 0.29) is 5.78 Å². The number of carbonyl (C=O) groups excluding carboxylic acids is 1. The normalized spacial score (nSPS) is 10.7. The second kappa shape index (κ2) is 5.75. The van der Waals surface area contributed by atoms with Gasteiger partial charge in [0.15, 0.2) is 5.82 Å². The molecule has 3 aromatic rings. The standard InChI is InChI=1S/C16H16N4O/c1-2-10-19-12-9-17-16(19)15(21)14-8-11-20(18-14)13-6-4-3-5-7-13/h3-9,11-12H,2,10H2,1H3. The average Bonchev–Trinajstić information content (AvgIpc) is 3.17. The summed E-state index contributed by atoms with van der Waals surface area (Å²) in [5.74, 6) is 0.290.